The fourth-order valence-electron chi connectivity index (χ4n) is 1.44. The number of hydrogen-bond donors (Lipinski definition) is 2. The Hall–Kier alpha value is -0.850. The van der Waals surface area contributed by atoms with Gasteiger partial charge in [0.15, 0.2) is 0 Å². The number of pyridine rings is 1. The van der Waals surface area contributed by atoms with Crippen molar-refractivity contribution in [2.45, 2.75) is 33.1 Å². The Balaban J connectivity index is 2.69. The summed E-state index contributed by atoms with van der Waals surface area (Å²) in [6, 6.07) is 1.63. The third kappa shape index (κ3) is 4.14. The van der Waals surface area contributed by atoms with Gasteiger partial charge in [-0.2, -0.15) is 0 Å². The molecule has 0 fully saturated rings. The molecule has 17 heavy (non-hydrogen) atoms. The molecule has 1 aromatic rings. The first-order chi connectivity index (χ1) is 8.06. The van der Waals surface area contributed by atoms with Crippen molar-refractivity contribution < 1.29 is 4.79 Å². The van der Waals surface area contributed by atoms with Crippen molar-refractivity contribution >= 4 is 28.5 Å². The second kappa shape index (κ2) is 6.78. The van der Waals surface area contributed by atoms with Gasteiger partial charge in [0, 0.05) is 15.8 Å². The first kappa shape index (κ1) is 14.2. The molecule has 0 spiro atoms. The van der Waals surface area contributed by atoms with E-state index in [0.717, 1.165) is 28.5 Å². The molecule has 0 saturated carbocycles. The van der Waals surface area contributed by atoms with Crippen molar-refractivity contribution in [3.63, 3.8) is 0 Å². The van der Waals surface area contributed by atoms with Crippen LogP contribution < -0.4 is 10.9 Å². The number of carbonyl (C=O) groups is 1. The topological polar surface area (TPSA) is 62.0 Å². The number of carbonyl (C=O) groups excluding carboxylic acids is 1. The Bertz CT molecular complexity index is 454. The average Bonchev–Trinajstić information content (AvgIpc) is 2.29. The number of amides is 1. The first-order valence-corrected chi connectivity index (χ1v) is 6.81. The first-order valence-electron chi connectivity index (χ1n) is 5.74. The van der Waals surface area contributed by atoms with Crippen LogP contribution in [0.15, 0.2) is 10.9 Å². The molecule has 0 aliphatic heterocycles. The zero-order chi connectivity index (χ0) is 12.8. The van der Waals surface area contributed by atoms with Crippen LogP contribution in [-0.4, -0.2) is 17.4 Å². The zero-order valence-corrected chi connectivity index (χ0v) is 12.3. The molecule has 0 saturated heterocycles. The number of H-pyrrole nitrogens is 1. The summed E-state index contributed by atoms with van der Waals surface area (Å²) in [4.78, 5) is 26.0. The van der Waals surface area contributed by atoms with Crippen LogP contribution in [0.4, 0.5) is 0 Å². The lowest BCUT2D eigenvalue weighted by Crippen LogP contribution is -2.30. The second-order valence-corrected chi connectivity index (χ2v) is 5.11. The van der Waals surface area contributed by atoms with Crippen LogP contribution >= 0.6 is 22.6 Å². The smallest absolute Gasteiger partial charge is 0.261 e. The van der Waals surface area contributed by atoms with Gasteiger partial charge in [0.25, 0.3) is 11.5 Å². The van der Waals surface area contributed by atoms with Gasteiger partial charge in [-0.25, -0.2) is 0 Å². The number of nitrogens with one attached hydrogen (secondary N) is 2. The van der Waals surface area contributed by atoms with Crippen LogP contribution in [0.5, 0.6) is 0 Å². The third-order valence-electron chi connectivity index (χ3n) is 2.49. The molecule has 2 N–H and O–H groups in total. The maximum atomic E-state index is 11.8. The monoisotopic (exact) mass is 348 g/mol. The zero-order valence-electron chi connectivity index (χ0n) is 10.1. The Morgan fingerprint density at radius 3 is 2.82 bits per heavy atom. The van der Waals surface area contributed by atoms with Crippen LogP contribution in [0.3, 0.4) is 0 Å². The van der Waals surface area contributed by atoms with Gasteiger partial charge in [-0.3, -0.25) is 9.59 Å². The number of aromatic amines is 1. The molecule has 1 rings (SSSR count). The fraction of sp³-hybridized carbons (Fsp3) is 0.500. The van der Waals surface area contributed by atoms with Crippen molar-refractivity contribution in [3.8, 4) is 0 Å². The molecule has 4 nitrogen and oxygen atoms in total. The molecule has 0 radical (unpaired) electrons. The largest absolute Gasteiger partial charge is 0.352 e. The van der Waals surface area contributed by atoms with Gasteiger partial charge in [0.05, 0.1) is 0 Å². The molecular weight excluding hydrogens is 331 g/mol. The molecule has 1 aromatic heterocycles. The van der Waals surface area contributed by atoms with Crippen molar-refractivity contribution in [3.05, 3.63) is 31.2 Å². The number of halogens is 1. The molecule has 0 aliphatic carbocycles. The van der Waals surface area contributed by atoms with Crippen LogP contribution in [0.1, 0.15) is 42.2 Å². The van der Waals surface area contributed by atoms with E-state index in [1.807, 2.05) is 6.92 Å². The summed E-state index contributed by atoms with van der Waals surface area (Å²) in [7, 11) is 0. The molecule has 0 bridgehead atoms. The van der Waals surface area contributed by atoms with Gasteiger partial charge in [0.1, 0.15) is 5.56 Å². The lowest BCUT2D eigenvalue weighted by atomic mass is 10.2. The van der Waals surface area contributed by atoms with Crippen LogP contribution in [0, 0.1) is 10.5 Å². The fourth-order valence-corrected chi connectivity index (χ4v) is 1.88. The standard InChI is InChI=1S/C12H17IN2O2/c1-3-4-5-6-14-11(16)9-7-10(13)8(2)15-12(9)17/h7H,3-6H2,1-2H3,(H,14,16)(H,15,17). The average molecular weight is 348 g/mol. The van der Waals surface area contributed by atoms with E-state index in [1.54, 1.807) is 6.07 Å². The molecule has 1 heterocycles. The van der Waals surface area contributed by atoms with Gasteiger partial charge < -0.3 is 10.3 Å². The summed E-state index contributed by atoms with van der Waals surface area (Å²) in [6.45, 7) is 4.54. The summed E-state index contributed by atoms with van der Waals surface area (Å²) < 4.78 is 0.890. The van der Waals surface area contributed by atoms with E-state index < -0.39 is 0 Å². The highest BCUT2D eigenvalue weighted by atomic mass is 127. The minimum absolute atomic E-state index is 0.191. The molecule has 0 aromatic carbocycles. The van der Waals surface area contributed by atoms with Crippen LogP contribution in [-0.2, 0) is 0 Å². The molecule has 5 heteroatoms. The Labute approximate surface area is 114 Å². The quantitative estimate of drug-likeness (QED) is 0.633. The highest BCUT2D eigenvalue weighted by Gasteiger charge is 2.11. The summed E-state index contributed by atoms with van der Waals surface area (Å²) in [5.41, 5.74) is 0.658. The lowest BCUT2D eigenvalue weighted by Gasteiger charge is -2.05. The molecule has 94 valence electrons. The maximum absolute atomic E-state index is 11.8. The van der Waals surface area contributed by atoms with E-state index in [-0.39, 0.29) is 17.0 Å². The van der Waals surface area contributed by atoms with Crippen molar-refractivity contribution in [2.24, 2.45) is 0 Å². The minimum atomic E-state index is -0.323. The van der Waals surface area contributed by atoms with E-state index >= 15 is 0 Å². The molecule has 0 unspecified atom stereocenters. The Morgan fingerprint density at radius 1 is 1.47 bits per heavy atom. The summed E-state index contributed by atoms with van der Waals surface area (Å²) in [5, 5.41) is 2.76. The lowest BCUT2D eigenvalue weighted by molar-refractivity contribution is 0.0951. The van der Waals surface area contributed by atoms with E-state index in [9.17, 15) is 9.59 Å². The Kier molecular flexibility index (Phi) is 5.67. The van der Waals surface area contributed by atoms with Crippen molar-refractivity contribution in [2.75, 3.05) is 6.54 Å². The molecule has 1 amide bonds. The number of aryl methyl sites for hydroxylation is 1. The summed E-state index contributed by atoms with van der Waals surface area (Å²) in [5.74, 6) is -0.291. The van der Waals surface area contributed by atoms with E-state index in [1.165, 1.54) is 0 Å². The molecule has 0 aliphatic rings. The van der Waals surface area contributed by atoms with Crippen LogP contribution in [0.25, 0.3) is 0 Å². The van der Waals surface area contributed by atoms with Gasteiger partial charge in [-0.1, -0.05) is 19.8 Å². The normalized spacial score (nSPS) is 10.3. The number of rotatable bonds is 5. The van der Waals surface area contributed by atoms with Gasteiger partial charge in [-0.05, 0) is 42.0 Å². The number of aromatic nitrogens is 1. The predicted molar refractivity (Wildman–Crippen MR) is 76.4 cm³/mol. The van der Waals surface area contributed by atoms with Crippen molar-refractivity contribution in [1.82, 2.24) is 10.3 Å². The van der Waals surface area contributed by atoms with Gasteiger partial charge in [0.2, 0.25) is 0 Å². The van der Waals surface area contributed by atoms with E-state index in [0.29, 0.717) is 6.54 Å². The van der Waals surface area contributed by atoms with E-state index in [2.05, 4.69) is 39.8 Å². The van der Waals surface area contributed by atoms with Crippen LogP contribution in [0.2, 0.25) is 0 Å². The van der Waals surface area contributed by atoms with Gasteiger partial charge in [-0.15, -0.1) is 0 Å². The van der Waals surface area contributed by atoms with Gasteiger partial charge >= 0.3 is 0 Å². The van der Waals surface area contributed by atoms with Crippen molar-refractivity contribution in [1.29, 1.82) is 0 Å². The predicted octanol–water partition coefficient (Wildman–Crippen LogP) is 2.21. The number of hydrogen-bond acceptors (Lipinski definition) is 2. The summed E-state index contributed by atoms with van der Waals surface area (Å²) >= 11 is 2.10. The highest BCUT2D eigenvalue weighted by molar-refractivity contribution is 14.1. The van der Waals surface area contributed by atoms with E-state index in [4.69, 9.17) is 0 Å². The SMILES string of the molecule is CCCCCNC(=O)c1cc(I)c(C)[nH]c1=O. The third-order valence-corrected chi connectivity index (χ3v) is 3.61. The number of unbranched alkanes of at least 4 members (excludes halogenated alkanes) is 2. The summed E-state index contributed by atoms with van der Waals surface area (Å²) in [6.07, 6.45) is 3.14. The maximum Gasteiger partial charge on any atom is 0.261 e. The highest BCUT2D eigenvalue weighted by Crippen LogP contribution is 2.07. The molecule has 0 atom stereocenters. The minimum Gasteiger partial charge on any atom is -0.352 e. The Morgan fingerprint density at radius 2 is 2.18 bits per heavy atom. The second-order valence-electron chi connectivity index (χ2n) is 3.95. The molecular formula is C12H17IN2O2.